The molecule has 0 saturated carbocycles. The molecule has 7 nitrogen and oxygen atoms in total. The van der Waals surface area contributed by atoms with Crippen LogP contribution in [0.3, 0.4) is 0 Å². The van der Waals surface area contributed by atoms with Gasteiger partial charge in [0, 0.05) is 35.9 Å². The summed E-state index contributed by atoms with van der Waals surface area (Å²) in [7, 11) is 1.73. The number of hydrogen-bond donors (Lipinski definition) is 0. The Bertz CT molecular complexity index is 1490. The molecule has 0 radical (unpaired) electrons. The van der Waals surface area contributed by atoms with Crippen molar-refractivity contribution in [1.82, 2.24) is 0 Å². The van der Waals surface area contributed by atoms with E-state index in [1.54, 1.807) is 16.8 Å². The van der Waals surface area contributed by atoms with Gasteiger partial charge in [-0.3, -0.25) is 14.4 Å². The highest BCUT2D eigenvalue weighted by Crippen LogP contribution is 2.64. The third kappa shape index (κ3) is 3.43. The Labute approximate surface area is 237 Å². The second-order valence-corrected chi connectivity index (χ2v) is 13.3. The number of carbonyl (C=O) groups excluding carboxylic acids is 3. The van der Waals surface area contributed by atoms with Crippen molar-refractivity contribution >= 4 is 40.3 Å². The van der Waals surface area contributed by atoms with Crippen molar-refractivity contribution in [1.29, 1.82) is 0 Å². The molecule has 0 bridgehead atoms. The SMILES string of the molecule is CC(=O)OC1(C)C(C)(C)C(C)(C)OC(C)(CN2C(=O)/C(=C3/C(=O)N(C)c4ccccc43)c3ccccc32)C1(C)C. The topological polar surface area (TPSA) is 76.1 Å². The molecule has 2 amide bonds. The molecule has 2 aromatic carbocycles. The second kappa shape index (κ2) is 8.53. The summed E-state index contributed by atoms with van der Waals surface area (Å²) in [5.74, 6) is -0.806. The van der Waals surface area contributed by atoms with Crippen molar-refractivity contribution in [3.63, 3.8) is 0 Å². The fourth-order valence-corrected chi connectivity index (χ4v) is 7.04. The first-order valence-electron chi connectivity index (χ1n) is 13.8. The lowest BCUT2D eigenvalue weighted by molar-refractivity contribution is -0.351. The number of likely N-dealkylation sites (N-methyl/N-ethyl adjacent to an activating group) is 1. The van der Waals surface area contributed by atoms with Crippen LogP contribution in [0.4, 0.5) is 11.4 Å². The molecule has 0 N–H and O–H groups in total. The fourth-order valence-electron chi connectivity index (χ4n) is 7.04. The van der Waals surface area contributed by atoms with Gasteiger partial charge >= 0.3 is 5.97 Å². The highest BCUT2D eigenvalue weighted by Gasteiger charge is 2.72. The highest BCUT2D eigenvalue weighted by molar-refractivity contribution is 6.49. The summed E-state index contributed by atoms with van der Waals surface area (Å²) in [6.07, 6.45) is 0. The Kier molecular flexibility index (Phi) is 5.99. The zero-order valence-electron chi connectivity index (χ0n) is 25.3. The smallest absolute Gasteiger partial charge is 0.303 e. The van der Waals surface area contributed by atoms with Crippen molar-refractivity contribution in [3.05, 3.63) is 59.7 Å². The van der Waals surface area contributed by atoms with E-state index in [1.807, 2.05) is 90.1 Å². The van der Waals surface area contributed by atoms with Crippen LogP contribution in [0, 0.1) is 10.8 Å². The molecule has 1 fully saturated rings. The van der Waals surface area contributed by atoms with E-state index in [0.29, 0.717) is 11.1 Å². The summed E-state index contributed by atoms with van der Waals surface area (Å²) in [5.41, 5.74) is -0.0887. The van der Waals surface area contributed by atoms with Gasteiger partial charge in [0.2, 0.25) is 0 Å². The van der Waals surface area contributed by atoms with Gasteiger partial charge in [0.25, 0.3) is 11.8 Å². The summed E-state index contributed by atoms with van der Waals surface area (Å²) < 4.78 is 13.2. The van der Waals surface area contributed by atoms with E-state index in [1.165, 1.54) is 6.92 Å². The van der Waals surface area contributed by atoms with Crippen molar-refractivity contribution in [2.45, 2.75) is 79.1 Å². The minimum Gasteiger partial charge on any atom is -0.458 e. The molecular formula is C33H40N2O5. The average molecular weight is 545 g/mol. The predicted octanol–water partition coefficient (Wildman–Crippen LogP) is 5.86. The largest absolute Gasteiger partial charge is 0.458 e. The quantitative estimate of drug-likeness (QED) is 0.357. The molecule has 2 unspecified atom stereocenters. The summed E-state index contributed by atoms with van der Waals surface area (Å²) in [6, 6.07) is 15.1. The molecule has 0 aromatic heterocycles. The van der Waals surface area contributed by atoms with Gasteiger partial charge in [-0.1, -0.05) is 64.1 Å². The highest BCUT2D eigenvalue weighted by atomic mass is 16.6. The summed E-state index contributed by atoms with van der Waals surface area (Å²) >= 11 is 0. The maximum absolute atomic E-state index is 14.4. The van der Waals surface area contributed by atoms with Crippen molar-refractivity contribution in [3.8, 4) is 0 Å². The maximum atomic E-state index is 14.4. The molecule has 2 aromatic rings. The fraction of sp³-hybridized carbons (Fsp3) is 0.485. The van der Waals surface area contributed by atoms with E-state index < -0.39 is 27.6 Å². The average Bonchev–Trinajstić information content (AvgIpc) is 3.27. The number of para-hydroxylation sites is 2. The monoisotopic (exact) mass is 544 g/mol. The minimum atomic E-state index is -0.937. The Morgan fingerprint density at radius 1 is 0.775 bits per heavy atom. The molecule has 7 heteroatoms. The van der Waals surface area contributed by atoms with Gasteiger partial charge in [0.05, 0.1) is 40.3 Å². The molecule has 40 heavy (non-hydrogen) atoms. The van der Waals surface area contributed by atoms with Crippen molar-refractivity contribution in [2.24, 2.45) is 10.8 Å². The number of esters is 1. The van der Waals surface area contributed by atoms with Gasteiger partial charge in [-0.15, -0.1) is 0 Å². The minimum absolute atomic E-state index is 0.202. The molecule has 3 aliphatic rings. The molecule has 3 aliphatic heterocycles. The van der Waals surface area contributed by atoms with Gasteiger partial charge in [-0.2, -0.15) is 0 Å². The number of fused-ring (bicyclic) bond motifs is 2. The number of amides is 2. The van der Waals surface area contributed by atoms with Crippen LogP contribution in [0.2, 0.25) is 0 Å². The number of carbonyl (C=O) groups is 3. The van der Waals surface area contributed by atoms with Gasteiger partial charge < -0.3 is 19.3 Å². The van der Waals surface area contributed by atoms with Crippen LogP contribution in [-0.4, -0.2) is 48.2 Å². The van der Waals surface area contributed by atoms with E-state index in [2.05, 4.69) is 13.8 Å². The molecular weight excluding hydrogens is 504 g/mol. The molecule has 5 rings (SSSR count). The van der Waals surface area contributed by atoms with Crippen LogP contribution in [0.5, 0.6) is 0 Å². The molecule has 212 valence electrons. The Hall–Kier alpha value is -3.45. The van der Waals surface area contributed by atoms with Gasteiger partial charge in [0.15, 0.2) is 0 Å². The summed E-state index contributed by atoms with van der Waals surface area (Å²) in [4.78, 5) is 43.7. The first kappa shape index (κ1) is 28.1. The lowest BCUT2D eigenvalue weighted by Crippen LogP contribution is -2.77. The second-order valence-electron chi connectivity index (χ2n) is 13.3. The van der Waals surface area contributed by atoms with E-state index in [-0.39, 0.29) is 24.3 Å². The van der Waals surface area contributed by atoms with E-state index in [4.69, 9.17) is 9.47 Å². The number of anilines is 2. The molecule has 2 atom stereocenters. The number of benzene rings is 2. The Balaban J connectivity index is 1.67. The Morgan fingerprint density at radius 2 is 1.27 bits per heavy atom. The first-order chi connectivity index (χ1) is 18.4. The lowest BCUT2D eigenvalue weighted by Gasteiger charge is -2.69. The van der Waals surface area contributed by atoms with Crippen LogP contribution in [0.1, 0.15) is 73.4 Å². The number of ether oxygens (including phenoxy) is 2. The number of rotatable bonds is 3. The molecule has 0 spiro atoms. The van der Waals surface area contributed by atoms with Crippen LogP contribution in [0.25, 0.3) is 11.1 Å². The van der Waals surface area contributed by atoms with E-state index in [0.717, 1.165) is 22.5 Å². The summed E-state index contributed by atoms with van der Waals surface area (Å²) in [6.45, 7) is 17.9. The standard InChI is InChI=1S/C33H40N2O5/c1-20(36)39-33(9)29(2,3)31(6,7)40-32(8,30(33,4)5)19-35-24-18-14-12-16-22(24)26(28(35)38)25-21-15-11-13-17-23(21)34(10)27(25)37/h11-18H,19H2,1-10H3/b26-25+. The van der Waals surface area contributed by atoms with Crippen LogP contribution < -0.4 is 9.80 Å². The zero-order valence-corrected chi connectivity index (χ0v) is 25.3. The lowest BCUT2D eigenvalue weighted by atomic mass is 9.49. The molecule has 3 heterocycles. The van der Waals surface area contributed by atoms with Gasteiger partial charge in [-0.05, 0) is 39.8 Å². The van der Waals surface area contributed by atoms with Crippen LogP contribution in [0.15, 0.2) is 48.5 Å². The van der Waals surface area contributed by atoms with Crippen molar-refractivity contribution in [2.75, 3.05) is 23.4 Å². The maximum Gasteiger partial charge on any atom is 0.303 e. The van der Waals surface area contributed by atoms with Crippen LogP contribution in [-0.2, 0) is 23.9 Å². The number of hydrogen-bond acceptors (Lipinski definition) is 5. The van der Waals surface area contributed by atoms with Gasteiger partial charge in [0.1, 0.15) is 5.60 Å². The number of nitrogens with zero attached hydrogens (tertiary/aromatic N) is 2. The van der Waals surface area contributed by atoms with Crippen molar-refractivity contribution < 1.29 is 23.9 Å². The third-order valence-electron chi connectivity index (χ3n) is 10.7. The van der Waals surface area contributed by atoms with E-state index >= 15 is 0 Å². The first-order valence-corrected chi connectivity index (χ1v) is 13.8. The normalized spacial score (nSPS) is 29.9. The van der Waals surface area contributed by atoms with E-state index in [9.17, 15) is 14.4 Å². The summed E-state index contributed by atoms with van der Waals surface area (Å²) in [5, 5.41) is 0. The Morgan fingerprint density at radius 3 is 1.85 bits per heavy atom. The van der Waals surface area contributed by atoms with Crippen LogP contribution >= 0.6 is 0 Å². The predicted molar refractivity (Wildman–Crippen MR) is 157 cm³/mol. The molecule has 1 saturated heterocycles. The van der Waals surface area contributed by atoms with Gasteiger partial charge in [-0.25, -0.2) is 0 Å². The zero-order chi connectivity index (χ0) is 29.6. The third-order valence-corrected chi connectivity index (χ3v) is 10.7. The molecule has 0 aliphatic carbocycles.